The molecule has 1 aliphatic rings. The number of rotatable bonds is 8. The fourth-order valence-electron chi connectivity index (χ4n) is 4.75. The van der Waals surface area contributed by atoms with Crippen molar-refractivity contribution in [1.82, 2.24) is 0 Å². The van der Waals surface area contributed by atoms with Gasteiger partial charge in [0, 0.05) is 11.6 Å². The molecule has 0 saturated heterocycles. The summed E-state index contributed by atoms with van der Waals surface area (Å²) in [6.07, 6.45) is 6.38. The van der Waals surface area contributed by atoms with E-state index in [4.69, 9.17) is 18.6 Å². The standard InChI is InChI=1S/C36H46O5Si/c1-27-16-10-7-15-21-32(41-42(5,6)36(2,3)4)35-30(23-34(37)40-27)22-31(38-25-28-17-11-8-12-18-28)24-33(35)39-26-29-19-13-9-14-20-29/h7-9,11-15,17-20,22,24,27,32H,10,16,21,23,25-26H2,1-6H3/b15-7+/t27-,32?/m0/s1. The molecule has 0 radical (unpaired) electrons. The molecule has 0 bridgehead atoms. The number of hydrogen-bond acceptors (Lipinski definition) is 5. The minimum Gasteiger partial charge on any atom is -0.489 e. The topological polar surface area (TPSA) is 54.0 Å². The number of esters is 1. The molecule has 0 aliphatic carbocycles. The number of hydrogen-bond donors (Lipinski definition) is 0. The van der Waals surface area contributed by atoms with Crippen LogP contribution in [0.4, 0.5) is 0 Å². The van der Waals surface area contributed by atoms with Gasteiger partial charge in [-0.2, -0.15) is 0 Å². The van der Waals surface area contributed by atoms with Crippen molar-refractivity contribution in [2.45, 2.75) is 96.9 Å². The molecule has 0 aromatic heterocycles. The molecule has 3 aromatic rings. The molecule has 224 valence electrons. The van der Waals surface area contributed by atoms with Crippen molar-refractivity contribution in [3.8, 4) is 11.5 Å². The van der Waals surface area contributed by atoms with Crippen LogP contribution >= 0.6 is 0 Å². The molecule has 1 aliphatic heterocycles. The minimum absolute atomic E-state index is 0.0126. The van der Waals surface area contributed by atoms with Gasteiger partial charge < -0.3 is 18.6 Å². The third kappa shape index (κ3) is 8.82. The van der Waals surface area contributed by atoms with Crippen molar-refractivity contribution in [3.05, 3.63) is 107 Å². The Hall–Kier alpha value is -3.35. The van der Waals surface area contributed by atoms with Crippen LogP contribution in [-0.2, 0) is 33.6 Å². The summed E-state index contributed by atoms with van der Waals surface area (Å²) in [5.41, 5.74) is 3.84. The van der Waals surface area contributed by atoms with Crippen LogP contribution in [0, 0.1) is 0 Å². The van der Waals surface area contributed by atoms with Gasteiger partial charge in [0.1, 0.15) is 24.7 Å². The van der Waals surface area contributed by atoms with E-state index in [1.54, 1.807) is 0 Å². The SMILES string of the molecule is C[C@H]1CC/C=C/CC(O[Si](C)(C)C(C)(C)C)c2c(cc(OCc3ccccc3)cc2OCc2ccccc2)CC(=O)O1. The Morgan fingerprint density at radius 2 is 1.50 bits per heavy atom. The van der Waals surface area contributed by atoms with Crippen molar-refractivity contribution >= 4 is 14.3 Å². The van der Waals surface area contributed by atoms with Crippen LogP contribution in [0.3, 0.4) is 0 Å². The summed E-state index contributed by atoms with van der Waals surface area (Å²) < 4.78 is 25.8. The van der Waals surface area contributed by atoms with Gasteiger partial charge in [0.25, 0.3) is 0 Å². The lowest BCUT2D eigenvalue weighted by molar-refractivity contribution is -0.147. The largest absolute Gasteiger partial charge is 0.489 e. The second-order valence-electron chi connectivity index (χ2n) is 12.7. The average molecular weight is 587 g/mol. The van der Waals surface area contributed by atoms with Crippen molar-refractivity contribution in [2.75, 3.05) is 0 Å². The highest BCUT2D eigenvalue weighted by Crippen LogP contribution is 2.44. The molecule has 42 heavy (non-hydrogen) atoms. The highest BCUT2D eigenvalue weighted by molar-refractivity contribution is 6.74. The van der Waals surface area contributed by atoms with Crippen LogP contribution in [0.25, 0.3) is 0 Å². The molecule has 6 heteroatoms. The van der Waals surface area contributed by atoms with Crippen molar-refractivity contribution < 1.29 is 23.4 Å². The molecule has 5 nitrogen and oxygen atoms in total. The van der Waals surface area contributed by atoms with Gasteiger partial charge in [0.2, 0.25) is 0 Å². The molecular weight excluding hydrogens is 540 g/mol. The van der Waals surface area contributed by atoms with E-state index in [2.05, 4.69) is 46.0 Å². The summed E-state index contributed by atoms with van der Waals surface area (Å²) in [5, 5.41) is 0.0126. The van der Waals surface area contributed by atoms with E-state index in [0.29, 0.717) is 31.1 Å². The smallest absolute Gasteiger partial charge is 0.310 e. The van der Waals surface area contributed by atoms with Gasteiger partial charge in [-0.05, 0) is 67.1 Å². The molecule has 2 atom stereocenters. The number of cyclic esters (lactones) is 1. The molecule has 0 N–H and O–H groups in total. The molecule has 4 rings (SSSR count). The van der Waals surface area contributed by atoms with Crippen LogP contribution in [0.15, 0.2) is 84.9 Å². The van der Waals surface area contributed by atoms with Gasteiger partial charge in [-0.15, -0.1) is 0 Å². The molecule has 1 heterocycles. The fourth-order valence-corrected chi connectivity index (χ4v) is 6.03. The van der Waals surface area contributed by atoms with E-state index in [0.717, 1.165) is 35.1 Å². The van der Waals surface area contributed by atoms with Crippen LogP contribution in [0.1, 0.15) is 75.3 Å². The van der Waals surface area contributed by atoms with Crippen LogP contribution in [-0.4, -0.2) is 20.4 Å². The first-order valence-electron chi connectivity index (χ1n) is 15.0. The summed E-state index contributed by atoms with van der Waals surface area (Å²) in [6, 6.07) is 24.1. The number of benzene rings is 3. The van der Waals surface area contributed by atoms with E-state index >= 15 is 0 Å². The van der Waals surface area contributed by atoms with E-state index in [1.807, 2.05) is 79.7 Å². The first kappa shape index (κ1) is 31.6. The highest BCUT2D eigenvalue weighted by Gasteiger charge is 2.40. The second-order valence-corrected chi connectivity index (χ2v) is 17.4. The molecule has 0 fully saturated rings. The molecule has 1 unspecified atom stereocenters. The zero-order valence-electron chi connectivity index (χ0n) is 26.0. The lowest BCUT2D eigenvalue weighted by Crippen LogP contribution is -2.42. The Kier molecular flexibility index (Phi) is 10.7. The fraction of sp³-hybridized carbons (Fsp3) is 0.417. The van der Waals surface area contributed by atoms with Crippen molar-refractivity contribution in [2.24, 2.45) is 0 Å². The third-order valence-electron chi connectivity index (χ3n) is 8.18. The molecule has 0 amide bonds. The lowest BCUT2D eigenvalue weighted by Gasteiger charge is -2.40. The minimum atomic E-state index is -2.20. The molecule has 3 aromatic carbocycles. The summed E-state index contributed by atoms with van der Waals surface area (Å²) >= 11 is 0. The predicted octanol–water partition coefficient (Wildman–Crippen LogP) is 9.12. The zero-order valence-corrected chi connectivity index (χ0v) is 27.0. The Labute approximate surface area is 253 Å². The summed E-state index contributed by atoms with van der Waals surface area (Å²) in [6.45, 7) is 14.0. The van der Waals surface area contributed by atoms with Crippen molar-refractivity contribution in [3.63, 3.8) is 0 Å². The normalized spacial score (nSPS) is 19.0. The van der Waals surface area contributed by atoms with Gasteiger partial charge in [-0.25, -0.2) is 0 Å². The van der Waals surface area contributed by atoms with E-state index in [1.165, 1.54) is 0 Å². The number of carbonyl (C=O) groups is 1. The maximum absolute atomic E-state index is 13.3. The Morgan fingerprint density at radius 3 is 2.12 bits per heavy atom. The van der Waals surface area contributed by atoms with Gasteiger partial charge in [0.05, 0.1) is 18.6 Å². The third-order valence-corrected chi connectivity index (χ3v) is 12.7. The zero-order chi connectivity index (χ0) is 30.2. The highest BCUT2D eigenvalue weighted by atomic mass is 28.4. The summed E-state index contributed by atoms with van der Waals surface area (Å²) in [5.74, 6) is 1.07. The monoisotopic (exact) mass is 586 g/mol. The maximum Gasteiger partial charge on any atom is 0.310 e. The van der Waals surface area contributed by atoms with Crippen LogP contribution in [0.5, 0.6) is 11.5 Å². The van der Waals surface area contributed by atoms with Crippen LogP contribution in [0.2, 0.25) is 18.1 Å². The summed E-state index contributed by atoms with van der Waals surface area (Å²) in [7, 11) is -2.20. The van der Waals surface area contributed by atoms with Gasteiger partial charge in [-0.1, -0.05) is 93.6 Å². The van der Waals surface area contributed by atoms with Crippen molar-refractivity contribution in [1.29, 1.82) is 0 Å². The first-order valence-corrected chi connectivity index (χ1v) is 18.0. The lowest BCUT2D eigenvalue weighted by atomic mass is 9.95. The Morgan fingerprint density at radius 1 is 0.881 bits per heavy atom. The second kappa shape index (κ2) is 14.2. The molecule has 0 spiro atoms. The van der Waals surface area contributed by atoms with E-state index < -0.39 is 8.32 Å². The van der Waals surface area contributed by atoms with Gasteiger partial charge in [0.15, 0.2) is 8.32 Å². The van der Waals surface area contributed by atoms with Gasteiger partial charge >= 0.3 is 5.97 Å². The van der Waals surface area contributed by atoms with E-state index in [9.17, 15) is 4.79 Å². The number of fused-ring (bicyclic) bond motifs is 1. The average Bonchev–Trinajstić information content (AvgIpc) is 2.94. The van der Waals surface area contributed by atoms with Crippen LogP contribution < -0.4 is 9.47 Å². The maximum atomic E-state index is 13.3. The number of carbonyl (C=O) groups excluding carboxylic acids is 1. The quantitative estimate of drug-likeness (QED) is 0.150. The Bertz CT molecular complexity index is 1330. The predicted molar refractivity (Wildman–Crippen MR) is 171 cm³/mol. The number of allylic oxidation sites excluding steroid dienone is 1. The molecular formula is C36H46O5Si. The first-order chi connectivity index (χ1) is 20.0. The van der Waals surface area contributed by atoms with E-state index in [-0.39, 0.29) is 29.6 Å². The molecule has 0 saturated carbocycles. The van der Waals surface area contributed by atoms with Gasteiger partial charge in [-0.3, -0.25) is 4.79 Å². The Balaban J connectivity index is 1.81. The summed E-state index contributed by atoms with van der Waals surface area (Å²) in [4.78, 5) is 13.3. The number of ether oxygens (including phenoxy) is 3.